The van der Waals surface area contributed by atoms with E-state index in [0.717, 1.165) is 57.5 Å². The molecule has 0 bridgehead atoms. The van der Waals surface area contributed by atoms with Crippen molar-refractivity contribution < 1.29 is 13.6 Å². The van der Waals surface area contributed by atoms with Crippen molar-refractivity contribution in [2.75, 3.05) is 38.1 Å². The highest BCUT2D eigenvalue weighted by atomic mass is 19.2. The summed E-state index contributed by atoms with van der Waals surface area (Å²) in [5, 5.41) is 2.95. The van der Waals surface area contributed by atoms with Gasteiger partial charge in [0.2, 0.25) is 0 Å². The maximum Gasteiger partial charge on any atom is 0.251 e. The molecule has 1 amide bonds. The maximum atomic E-state index is 13.5. The van der Waals surface area contributed by atoms with Crippen molar-refractivity contribution in [2.45, 2.75) is 38.1 Å². The van der Waals surface area contributed by atoms with Gasteiger partial charge in [-0.3, -0.25) is 9.69 Å². The Kier molecular flexibility index (Phi) is 6.32. The topological polar surface area (TPSA) is 35.6 Å². The van der Waals surface area contributed by atoms with Gasteiger partial charge in [-0.05, 0) is 74.2 Å². The van der Waals surface area contributed by atoms with Gasteiger partial charge in [-0.1, -0.05) is 18.6 Å². The molecule has 6 heteroatoms. The molecule has 0 saturated carbocycles. The van der Waals surface area contributed by atoms with Gasteiger partial charge >= 0.3 is 0 Å². The molecule has 1 saturated heterocycles. The molecule has 2 aromatic rings. The monoisotopic (exact) mass is 413 g/mol. The molecule has 1 atom stereocenters. The molecular weight excluding hydrogens is 384 g/mol. The Labute approximate surface area is 176 Å². The van der Waals surface area contributed by atoms with Crippen LogP contribution in [0.1, 0.15) is 53.2 Å². The van der Waals surface area contributed by atoms with Crippen LogP contribution in [0.3, 0.4) is 0 Å². The Bertz CT molecular complexity index is 911. The fourth-order valence-electron chi connectivity index (χ4n) is 4.63. The molecule has 0 aromatic heterocycles. The van der Waals surface area contributed by atoms with Crippen LogP contribution < -0.4 is 10.2 Å². The Morgan fingerprint density at radius 1 is 1.00 bits per heavy atom. The standard InChI is InChI=1S/C24H29F2N3O/c1-28-11-5-6-17-14-18(8-10-22(17)28)23(29-12-3-2-4-13-29)16-27-24(30)19-7-9-20(25)21(26)15-19/h7-10,14-15,23H,2-6,11-13,16H2,1H3,(H,27,30)/t23-/m1/s1. The van der Waals surface area contributed by atoms with E-state index < -0.39 is 11.6 Å². The Morgan fingerprint density at radius 3 is 2.57 bits per heavy atom. The molecule has 1 fully saturated rings. The van der Waals surface area contributed by atoms with Gasteiger partial charge in [0.15, 0.2) is 11.6 Å². The number of carbonyl (C=O) groups is 1. The van der Waals surface area contributed by atoms with Crippen LogP contribution in [0.15, 0.2) is 36.4 Å². The van der Waals surface area contributed by atoms with E-state index in [1.54, 1.807) is 0 Å². The molecule has 0 radical (unpaired) electrons. The highest BCUT2D eigenvalue weighted by Gasteiger charge is 2.25. The first-order chi connectivity index (χ1) is 14.5. The number of likely N-dealkylation sites (tertiary alicyclic amines) is 1. The fraction of sp³-hybridized carbons (Fsp3) is 0.458. The van der Waals surface area contributed by atoms with Crippen molar-refractivity contribution >= 4 is 11.6 Å². The molecular formula is C24H29F2N3O. The van der Waals surface area contributed by atoms with Gasteiger partial charge in [-0.15, -0.1) is 0 Å². The summed E-state index contributed by atoms with van der Waals surface area (Å²) in [5.41, 5.74) is 3.98. The number of aryl methyl sites for hydroxylation is 1. The third-order valence-corrected chi connectivity index (χ3v) is 6.31. The first-order valence-corrected chi connectivity index (χ1v) is 10.8. The number of nitrogens with zero attached hydrogens (tertiary/aromatic N) is 2. The van der Waals surface area contributed by atoms with Gasteiger partial charge < -0.3 is 10.2 Å². The molecule has 0 spiro atoms. The van der Waals surface area contributed by atoms with Crippen molar-refractivity contribution in [3.8, 4) is 0 Å². The number of anilines is 1. The summed E-state index contributed by atoms with van der Waals surface area (Å²) in [6, 6.07) is 9.98. The van der Waals surface area contributed by atoms with Crippen molar-refractivity contribution in [1.82, 2.24) is 10.2 Å². The van der Waals surface area contributed by atoms with E-state index in [-0.39, 0.29) is 17.5 Å². The highest BCUT2D eigenvalue weighted by molar-refractivity contribution is 5.94. The molecule has 2 aliphatic heterocycles. The van der Waals surface area contributed by atoms with Gasteiger partial charge in [-0.2, -0.15) is 0 Å². The van der Waals surface area contributed by atoms with Crippen LogP contribution in [-0.2, 0) is 6.42 Å². The van der Waals surface area contributed by atoms with Crippen LogP contribution in [-0.4, -0.2) is 44.0 Å². The van der Waals surface area contributed by atoms with Crippen LogP contribution in [0.4, 0.5) is 14.5 Å². The van der Waals surface area contributed by atoms with E-state index in [9.17, 15) is 13.6 Å². The first kappa shape index (κ1) is 20.8. The number of rotatable bonds is 5. The summed E-state index contributed by atoms with van der Waals surface area (Å²) in [7, 11) is 2.13. The van der Waals surface area contributed by atoms with E-state index in [4.69, 9.17) is 0 Å². The molecule has 4 nitrogen and oxygen atoms in total. The summed E-state index contributed by atoms with van der Waals surface area (Å²) in [4.78, 5) is 17.3. The Hall–Kier alpha value is -2.47. The van der Waals surface area contributed by atoms with Crippen LogP contribution in [0.5, 0.6) is 0 Å². The third-order valence-electron chi connectivity index (χ3n) is 6.31. The zero-order valence-corrected chi connectivity index (χ0v) is 17.5. The van der Waals surface area contributed by atoms with Gasteiger partial charge in [0.25, 0.3) is 5.91 Å². The molecule has 1 N–H and O–H groups in total. The zero-order valence-electron chi connectivity index (χ0n) is 17.5. The summed E-state index contributed by atoms with van der Waals surface area (Å²) in [6.45, 7) is 3.52. The lowest BCUT2D eigenvalue weighted by Crippen LogP contribution is -2.40. The predicted octanol–water partition coefficient (Wildman–Crippen LogP) is 4.30. The summed E-state index contributed by atoms with van der Waals surface area (Å²) >= 11 is 0. The third kappa shape index (κ3) is 4.48. The van der Waals surface area contributed by atoms with E-state index >= 15 is 0 Å². The lowest BCUT2D eigenvalue weighted by molar-refractivity contribution is 0.0924. The molecule has 160 valence electrons. The average Bonchev–Trinajstić information content (AvgIpc) is 2.76. The van der Waals surface area contributed by atoms with Crippen molar-refractivity contribution in [3.63, 3.8) is 0 Å². The van der Waals surface area contributed by atoms with Gasteiger partial charge in [0.1, 0.15) is 0 Å². The summed E-state index contributed by atoms with van der Waals surface area (Å²) < 4.78 is 26.7. The minimum absolute atomic E-state index is 0.0667. The molecule has 0 unspecified atom stereocenters. The lowest BCUT2D eigenvalue weighted by atomic mass is 9.95. The molecule has 4 rings (SSSR count). The largest absolute Gasteiger partial charge is 0.374 e. The number of hydrogen-bond acceptors (Lipinski definition) is 3. The Balaban J connectivity index is 1.54. The normalized spacial score (nSPS) is 18.0. The fourth-order valence-corrected chi connectivity index (χ4v) is 4.63. The molecule has 2 aromatic carbocycles. The van der Waals surface area contributed by atoms with Crippen LogP contribution in [0.25, 0.3) is 0 Å². The smallest absolute Gasteiger partial charge is 0.251 e. The second-order valence-corrected chi connectivity index (χ2v) is 8.36. The van der Waals surface area contributed by atoms with E-state index in [1.165, 1.54) is 29.3 Å². The quantitative estimate of drug-likeness (QED) is 0.794. The molecule has 2 heterocycles. The number of fused-ring (bicyclic) bond motifs is 1. The van der Waals surface area contributed by atoms with Crippen LogP contribution >= 0.6 is 0 Å². The lowest BCUT2D eigenvalue weighted by Gasteiger charge is -2.36. The minimum atomic E-state index is -1.01. The minimum Gasteiger partial charge on any atom is -0.374 e. The average molecular weight is 414 g/mol. The Morgan fingerprint density at radius 2 is 1.80 bits per heavy atom. The molecule has 0 aliphatic carbocycles. The first-order valence-electron chi connectivity index (χ1n) is 10.8. The van der Waals surface area contributed by atoms with Crippen molar-refractivity contribution in [1.29, 1.82) is 0 Å². The SMILES string of the molecule is CN1CCCc2cc([C@@H](CNC(=O)c3ccc(F)c(F)c3)N3CCCCC3)ccc21. The van der Waals surface area contributed by atoms with Gasteiger partial charge in [-0.25, -0.2) is 8.78 Å². The molecule has 2 aliphatic rings. The van der Waals surface area contributed by atoms with Crippen molar-refractivity contribution in [3.05, 3.63) is 64.7 Å². The number of hydrogen-bond donors (Lipinski definition) is 1. The van der Waals surface area contributed by atoms with Gasteiger partial charge in [0.05, 0.1) is 6.04 Å². The van der Waals surface area contributed by atoms with E-state index in [1.807, 2.05) is 0 Å². The van der Waals surface area contributed by atoms with Gasteiger partial charge in [0, 0.05) is 31.4 Å². The number of halogens is 2. The van der Waals surface area contributed by atoms with Crippen LogP contribution in [0.2, 0.25) is 0 Å². The predicted molar refractivity (Wildman–Crippen MR) is 115 cm³/mol. The van der Waals surface area contributed by atoms with Crippen LogP contribution in [0, 0.1) is 11.6 Å². The zero-order chi connectivity index (χ0) is 21.1. The second kappa shape index (κ2) is 9.13. The second-order valence-electron chi connectivity index (χ2n) is 8.36. The number of benzene rings is 2. The number of carbonyl (C=O) groups excluding carboxylic acids is 1. The number of amides is 1. The molecule has 30 heavy (non-hydrogen) atoms. The van der Waals surface area contributed by atoms with Crippen molar-refractivity contribution in [2.24, 2.45) is 0 Å². The number of nitrogens with one attached hydrogen (secondary N) is 1. The highest BCUT2D eigenvalue weighted by Crippen LogP contribution is 2.31. The summed E-state index contributed by atoms with van der Waals surface area (Å²) in [5.74, 6) is -2.33. The summed E-state index contributed by atoms with van der Waals surface area (Å²) in [6.07, 6.45) is 5.76. The van der Waals surface area contributed by atoms with E-state index in [0.29, 0.717) is 6.54 Å². The number of piperidine rings is 1. The maximum absolute atomic E-state index is 13.5. The van der Waals surface area contributed by atoms with E-state index in [2.05, 4.69) is 40.4 Å².